The van der Waals surface area contributed by atoms with Gasteiger partial charge in [-0.15, -0.1) is 13.2 Å². The lowest BCUT2D eigenvalue weighted by atomic mass is 9.96. The van der Waals surface area contributed by atoms with Gasteiger partial charge in [0.1, 0.15) is 11.9 Å². The van der Waals surface area contributed by atoms with E-state index >= 15 is 0 Å². The zero-order valence-electron chi connectivity index (χ0n) is 10.2. The van der Waals surface area contributed by atoms with Crippen molar-refractivity contribution in [3.8, 4) is 5.75 Å². The first-order valence-electron chi connectivity index (χ1n) is 5.88. The molecule has 2 rings (SSSR count). The van der Waals surface area contributed by atoms with Crippen molar-refractivity contribution in [1.29, 1.82) is 0 Å². The largest absolute Gasteiger partial charge is 0.573 e. The first-order valence-corrected chi connectivity index (χ1v) is 5.88. The van der Waals surface area contributed by atoms with Gasteiger partial charge in [-0.2, -0.15) is 0 Å². The zero-order chi connectivity index (χ0) is 14.0. The molecule has 2 atom stereocenters. The Morgan fingerprint density at radius 2 is 2.16 bits per heavy atom. The van der Waals surface area contributed by atoms with Gasteiger partial charge in [-0.05, 0) is 24.5 Å². The third-order valence-corrected chi connectivity index (χ3v) is 3.00. The highest BCUT2D eigenvalue weighted by Gasteiger charge is 2.33. The fourth-order valence-electron chi connectivity index (χ4n) is 2.04. The van der Waals surface area contributed by atoms with Crippen LogP contribution in [0.5, 0.6) is 5.75 Å². The summed E-state index contributed by atoms with van der Waals surface area (Å²) in [6.07, 6.45) is -4.57. The van der Waals surface area contributed by atoms with E-state index in [0.717, 1.165) is 18.6 Å². The number of hydrogen-bond donors (Lipinski definition) is 0. The van der Waals surface area contributed by atoms with Gasteiger partial charge in [0, 0.05) is 12.2 Å². The minimum Gasteiger partial charge on any atom is -0.406 e. The lowest BCUT2D eigenvalue weighted by Gasteiger charge is -2.14. The van der Waals surface area contributed by atoms with E-state index in [2.05, 4.69) is 4.74 Å². The van der Waals surface area contributed by atoms with Gasteiger partial charge in [-0.1, -0.05) is 19.1 Å². The van der Waals surface area contributed by atoms with Crippen LogP contribution in [0.1, 0.15) is 23.7 Å². The van der Waals surface area contributed by atoms with E-state index in [0.29, 0.717) is 6.61 Å². The summed E-state index contributed by atoms with van der Waals surface area (Å²) in [7, 11) is 0. The summed E-state index contributed by atoms with van der Waals surface area (Å²) in [6.45, 7) is 2.38. The Kier molecular flexibility index (Phi) is 3.80. The average Bonchev–Trinajstić information content (AvgIpc) is 2.72. The van der Waals surface area contributed by atoms with E-state index in [1.165, 1.54) is 12.1 Å². The third-order valence-electron chi connectivity index (χ3n) is 3.00. The molecule has 0 aromatic heterocycles. The second kappa shape index (κ2) is 5.21. The average molecular weight is 274 g/mol. The summed E-state index contributed by atoms with van der Waals surface area (Å²) in [6, 6.07) is 5.06. The number of benzene rings is 1. The van der Waals surface area contributed by atoms with Gasteiger partial charge in [-0.25, -0.2) is 0 Å². The highest BCUT2D eigenvalue weighted by molar-refractivity contribution is 6.00. The van der Waals surface area contributed by atoms with E-state index in [4.69, 9.17) is 4.74 Å². The van der Waals surface area contributed by atoms with Gasteiger partial charge >= 0.3 is 6.36 Å². The molecule has 0 saturated carbocycles. The van der Waals surface area contributed by atoms with Crippen molar-refractivity contribution < 1.29 is 27.4 Å². The molecular weight excluding hydrogens is 261 g/mol. The van der Waals surface area contributed by atoms with E-state index in [-0.39, 0.29) is 17.3 Å². The number of carbonyl (C=O) groups is 1. The number of halogens is 3. The summed E-state index contributed by atoms with van der Waals surface area (Å²) in [4.78, 5) is 12.1. The number of alkyl halides is 3. The molecule has 0 bridgehead atoms. The molecule has 1 aliphatic rings. The Labute approximate surface area is 108 Å². The molecule has 6 heteroatoms. The van der Waals surface area contributed by atoms with Crippen molar-refractivity contribution >= 4 is 5.78 Å². The van der Waals surface area contributed by atoms with Crippen LogP contribution in [0.3, 0.4) is 0 Å². The van der Waals surface area contributed by atoms with Crippen LogP contribution in [-0.4, -0.2) is 24.9 Å². The van der Waals surface area contributed by atoms with Gasteiger partial charge in [0.05, 0.1) is 0 Å². The Morgan fingerprint density at radius 1 is 1.42 bits per heavy atom. The van der Waals surface area contributed by atoms with Gasteiger partial charge in [0.2, 0.25) is 0 Å². The summed E-state index contributed by atoms with van der Waals surface area (Å²) in [5.74, 6) is -0.638. The van der Waals surface area contributed by atoms with Gasteiger partial charge in [-0.3, -0.25) is 4.79 Å². The smallest absolute Gasteiger partial charge is 0.406 e. The Morgan fingerprint density at radius 3 is 2.74 bits per heavy atom. The van der Waals surface area contributed by atoms with E-state index in [1.807, 2.05) is 6.92 Å². The molecule has 0 spiro atoms. The van der Waals surface area contributed by atoms with Crippen molar-refractivity contribution in [2.75, 3.05) is 6.61 Å². The lowest BCUT2D eigenvalue weighted by Crippen LogP contribution is -2.25. The van der Waals surface area contributed by atoms with Gasteiger partial charge < -0.3 is 9.47 Å². The zero-order valence-corrected chi connectivity index (χ0v) is 10.2. The first-order chi connectivity index (χ1) is 8.87. The minimum absolute atomic E-state index is 0.0692. The van der Waals surface area contributed by atoms with E-state index in [9.17, 15) is 18.0 Å². The molecule has 104 valence electrons. The van der Waals surface area contributed by atoms with Crippen LogP contribution in [-0.2, 0) is 4.74 Å². The topological polar surface area (TPSA) is 35.5 Å². The molecule has 19 heavy (non-hydrogen) atoms. The van der Waals surface area contributed by atoms with E-state index < -0.39 is 18.2 Å². The Bertz CT molecular complexity index is 470. The minimum atomic E-state index is -4.77. The highest BCUT2D eigenvalue weighted by Crippen LogP contribution is 2.27. The van der Waals surface area contributed by atoms with Crippen molar-refractivity contribution in [3.63, 3.8) is 0 Å². The standard InChI is InChI=1S/C13H13F3O3/c1-8-5-6-18-12(8)11(17)9-3-2-4-10(7-9)19-13(14,15)16/h2-4,7-8,12H,5-6H2,1H3. The van der Waals surface area contributed by atoms with Crippen LogP contribution in [0, 0.1) is 5.92 Å². The fraction of sp³-hybridized carbons (Fsp3) is 0.462. The summed E-state index contributed by atoms with van der Waals surface area (Å²) >= 11 is 0. The normalized spacial score (nSPS) is 23.4. The third kappa shape index (κ3) is 3.47. The SMILES string of the molecule is CC1CCOC1C(=O)c1cccc(OC(F)(F)F)c1. The molecule has 1 saturated heterocycles. The molecule has 1 heterocycles. The highest BCUT2D eigenvalue weighted by atomic mass is 19.4. The molecule has 1 aromatic rings. The Hall–Kier alpha value is -1.56. The molecule has 2 unspecified atom stereocenters. The maximum absolute atomic E-state index is 12.1. The number of ketones is 1. The number of carbonyl (C=O) groups excluding carboxylic acids is 1. The molecule has 1 fully saturated rings. The number of Topliss-reactive ketones (excluding diaryl/α,β-unsaturated/α-hetero) is 1. The van der Waals surface area contributed by atoms with Crippen LogP contribution in [0.4, 0.5) is 13.2 Å². The molecular formula is C13H13F3O3. The van der Waals surface area contributed by atoms with Crippen LogP contribution >= 0.6 is 0 Å². The number of hydrogen-bond acceptors (Lipinski definition) is 3. The molecule has 3 nitrogen and oxygen atoms in total. The summed E-state index contributed by atoms with van der Waals surface area (Å²) < 4.78 is 45.4. The molecule has 0 N–H and O–H groups in total. The lowest BCUT2D eigenvalue weighted by molar-refractivity contribution is -0.274. The monoisotopic (exact) mass is 274 g/mol. The van der Waals surface area contributed by atoms with Crippen molar-refractivity contribution in [3.05, 3.63) is 29.8 Å². The van der Waals surface area contributed by atoms with Gasteiger partial charge in [0.25, 0.3) is 0 Å². The quantitative estimate of drug-likeness (QED) is 0.794. The van der Waals surface area contributed by atoms with Crippen molar-refractivity contribution in [2.45, 2.75) is 25.8 Å². The fourth-order valence-corrected chi connectivity index (χ4v) is 2.04. The maximum atomic E-state index is 12.1. The number of rotatable bonds is 3. The Balaban J connectivity index is 2.16. The van der Waals surface area contributed by atoms with Crippen LogP contribution in [0.2, 0.25) is 0 Å². The summed E-state index contributed by atoms with van der Waals surface area (Å²) in [5.41, 5.74) is 0.167. The second-order valence-electron chi connectivity index (χ2n) is 4.50. The molecule has 1 aromatic carbocycles. The molecule has 0 radical (unpaired) electrons. The van der Waals surface area contributed by atoms with E-state index in [1.54, 1.807) is 0 Å². The molecule has 0 aliphatic carbocycles. The maximum Gasteiger partial charge on any atom is 0.573 e. The van der Waals surface area contributed by atoms with Crippen LogP contribution in [0.15, 0.2) is 24.3 Å². The second-order valence-corrected chi connectivity index (χ2v) is 4.50. The number of ether oxygens (including phenoxy) is 2. The van der Waals surface area contributed by atoms with Crippen LogP contribution < -0.4 is 4.74 Å². The predicted molar refractivity (Wildman–Crippen MR) is 61.0 cm³/mol. The van der Waals surface area contributed by atoms with Crippen molar-refractivity contribution in [1.82, 2.24) is 0 Å². The summed E-state index contributed by atoms with van der Waals surface area (Å²) in [5, 5.41) is 0. The molecule has 1 aliphatic heterocycles. The predicted octanol–water partition coefficient (Wildman–Crippen LogP) is 3.19. The van der Waals surface area contributed by atoms with Gasteiger partial charge in [0.15, 0.2) is 5.78 Å². The van der Waals surface area contributed by atoms with Crippen molar-refractivity contribution in [2.24, 2.45) is 5.92 Å². The molecule has 0 amide bonds. The van der Waals surface area contributed by atoms with Crippen LogP contribution in [0.25, 0.3) is 0 Å². The first kappa shape index (κ1) is 13.9.